The topological polar surface area (TPSA) is 236 Å². The van der Waals surface area contributed by atoms with E-state index < -0.39 is 23.3 Å². The van der Waals surface area contributed by atoms with Crippen LogP contribution in [0.3, 0.4) is 0 Å². The van der Waals surface area contributed by atoms with Crippen molar-refractivity contribution in [2.45, 2.75) is 25.0 Å². The summed E-state index contributed by atoms with van der Waals surface area (Å²) in [5, 5.41) is 6.57. The van der Waals surface area contributed by atoms with Crippen molar-refractivity contribution in [3.05, 3.63) is 66.8 Å². The predicted molar refractivity (Wildman–Crippen MR) is 152 cm³/mol. The fourth-order valence-electron chi connectivity index (χ4n) is 5.02. The van der Waals surface area contributed by atoms with Crippen molar-refractivity contribution in [3.63, 3.8) is 0 Å². The van der Waals surface area contributed by atoms with Crippen LogP contribution in [0.1, 0.15) is 22.3 Å². The number of aromatic amines is 2. The zero-order valence-electron chi connectivity index (χ0n) is 22.8. The molecular weight excluding hydrogens is 550 g/mol. The summed E-state index contributed by atoms with van der Waals surface area (Å²) in [7, 11) is 1.43. The lowest BCUT2D eigenvalue weighted by Crippen LogP contribution is -2.46. The van der Waals surface area contributed by atoms with Gasteiger partial charge in [0.2, 0.25) is 11.9 Å². The zero-order chi connectivity index (χ0) is 30.0. The Morgan fingerprint density at radius 3 is 2.81 bits per heavy atom. The molecule has 16 heteroatoms. The molecular formula is C26H31N9O7. The first-order valence-electron chi connectivity index (χ1n) is 13.3. The van der Waals surface area contributed by atoms with E-state index in [1.54, 1.807) is 6.20 Å². The second-order valence-electron chi connectivity index (χ2n) is 9.98. The van der Waals surface area contributed by atoms with Gasteiger partial charge in [-0.1, -0.05) is 0 Å². The van der Waals surface area contributed by atoms with E-state index in [9.17, 15) is 24.0 Å². The third kappa shape index (κ3) is 5.81. The number of nitrogens with one attached hydrogen (secondary N) is 4. The number of benzene rings is 1. The molecule has 0 saturated carbocycles. The number of aromatic nitrogens is 4. The van der Waals surface area contributed by atoms with Crippen LogP contribution in [-0.2, 0) is 23.1 Å². The van der Waals surface area contributed by atoms with Gasteiger partial charge >= 0.3 is 11.4 Å². The molecule has 0 aliphatic carbocycles. The van der Waals surface area contributed by atoms with Crippen molar-refractivity contribution in [2.75, 3.05) is 38.6 Å². The van der Waals surface area contributed by atoms with Crippen LogP contribution in [0, 0.1) is 0 Å². The van der Waals surface area contributed by atoms with Gasteiger partial charge in [0.25, 0.3) is 11.5 Å². The number of hydrogen-bond acceptors (Lipinski definition) is 11. The number of carbonyl (C=O) groups is 2. The number of H-pyrrole nitrogens is 2. The maximum absolute atomic E-state index is 13.3. The summed E-state index contributed by atoms with van der Waals surface area (Å²) < 4.78 is 11.4. The number of likely N-dealkylation sites (tertiary alicyclic amines) is 1. The van der Waals surface area contributed by atoms with E-state index in [2.05, 4.69) is 30.0 Å². The Balaban J connectivity index is 1.09. The van der Waals surface area contributed by atoms with Gasteiger partial charge in [-0.25, -0.2) is 9.59 Å². The summed E-state index contributed by atoms with van der Waals surface area (Å²) in [5.74, 6) is -1.60. The first-order valence-corrected chi connectivity index (χ1v) is 13.3. The van der Waals surface area contributed by atoms with Crippen LogP contribution in [0.15, 0.2) is 43.2 Å². The molecule has 1 aliphatic rings. The van der Waals surface area contributed by atoms with E-state index in [0.717, 1.165) is 10.1 Å². The van der Waals surface area contributed by atoms with Crippen molar-refractivity contribution in [1.82, 2.24) is 35.1 Å². The molecule has 2 atom stereocenters. The Bertz CT molecular complexity index is 1820. The van der Waals surface area contributed by atoms with Crippen LogP contribution in [0.4, 0.5) is 5.95 Å². The normalized spacial score (nSPS) is 16.9. The summed E-state index contributed by atoms with van der Waals surface area (Å²) in [6.07, 6.45) is 1.98. The standard InChI is InChI=1S/C26H31N9O7/c1-34-17-8-13(2-3-16(17)24(39)42-26(34)40)23(38)35-12-15(27)9-18(35)21(36)30-5-7-41-6-4-29-10-14-11-31-20-19(14)22(37)33-25(28)32-20/h2-3,8,11,15,18,29H,4-7,9-10,12,27H2,1H3,(H,30,36)(H4,28,31,32,33,37)/t15-,18-/m0/s1. The Morgan fingerprint density at radius 2 is 2.00 bits per heavy atom. The van der Waals surface area contributed by atoms with Gasteiger partial charge in [0, 0.05) is 51.0 Å². The molecule has 1 aromatic carbocycles. The molecule has 1 fully saturated rings. The van der Waals surface area contributed by atoms with Gasteiger partial charge in [0.1, 0.15) is 11.7 Å². The van der Waals surface area contributed by atoms with Gasteiger partial charge in [0.05, 0.1) is 29.5 Å². The number of fused-ring (bicyclic) bond motifs is 2. The zero-order valence-corrected chi connectivity index (χ0v) is 22.8. The van der Waals surface area contributed by atoms with E-state index in [1.807, 2.05) is 0 Å². The molecule has 0 spiro atoms. The number of rotatable bonds is 10. The number of hydrogen-bond donors (Lipinski definition) is 6. The van der Waals surface area contributed by atoms with E-state index in [1.165, 1.54) is 30.1 Å². The molecule has 1 aliphatic heterocycles. The number of nitrogens with zero attached hydrogens (tertiary/aromatic N) is 3. The second-order valence-corrected chi connectivity index (χ2v) is 9.98. The van der Waals surface area contributed by atoms with Gasteiger partial charge in [-0.3, -0.25) is 23.9 Å². The van der Waals surface area contributed by atoms with Crippen molar-refractivity contribution in [2.24, 2.45) is 12.8 Å². The van der Waals surface area contributed by atoms with E-state index in [-0.39, 0.29) is 66.0 Å². The molecule has 5 rings (SSSR count). The minimum atomic E-state index is -0.843. The maximum Gasteiger partial charge on any atom is 0.422 e. The first kappa shape index (κ1) is 28.7. The number of aryl methyl sites for hydroxylation is 1. The van der Waals surface area contributed by atoms with Crippen LogP contribution < -0.4 is 39.0 Å². The molecule has 2 amide bonds. The Morgan fingerprint density at radius 1 is 1.21 bits per heavy atom. The number of nitrogens with two attached hydrogens (primary N) is 2. The summed E-state index contributed by atoms with van der Waals surface area (Å²) in [4.78, 5) is 73.2. The third-order valence-electron chi connectivity index (χ3n) is 7.10. The average molecular weight is 582 g/mol. The number of carbonyl (C=O) groups excluding carboxylic acids is 2. The van der Waals surface area contributed by atoms with E-state index in [4.69, 9.17) is 16.2 Å². The molecule has 42 heavy (non-hydrogen) atoms. The fourth-order valence-corrected chi connectivity index (χ4v) is 5.02. The van der Waals surface area contributed by atoms with Crippen LogP contribution in [0.5, 0.6) is 0 Å². The molecule has 4 heterocycles. The Hall–Kier alpha value is -4.80. The molecule has 0 bridgehead atoms. The highest BCUT2D eigenvalue weighted by molar-refractivity contribution is 6.00. The minimum Gasteiger partial charge on any atom is -0.378 e. The van der Waals surface area contributed by atoms with Gasteiger partial charge < -0.3 is 41.1 Å². The first-order chi connectivity index (χ1) is 20.1. The molecule has 4 aromatic rings. The summed E-state index contributed by atoms with van der Waals surface area (Å²) in [5.41, 5.74) is 12.2. The largest absolute Gasteiger partial charge is 0.422 e. The summed E-state index contributed by atoms with van der Waals surface area (Å²) in [6, 6.07) is 3.14. The number of anilines is 1. The van der Waals surface area contributed by atoms with Crippen LogP contribution in [0.2, 0.25) is 0 Å². The summed E-state index contributed by atoms with van der Waals surface area (Å²) >= 11 is 0. The average Bonchev–Trinajstić information content (AvgIpc) is 3.55. The molecule has 0 unspecified atom stereocenters. The highest BCUT2D eigenvalue weighted by Crippen LogP contribution is 2.21. The Labute approximate surface area is 237 Å². The number of nitrogen functional groups attached to an aromatic ring is 1. The minimum absolute atomic E-state index is 0.0419. The van der Waals surface area contributed by atoms with Crippen LogP contribution in [0.25, 0.3) is 21.9 Å². The van der Waals surface area contributed by atoms with Gasteiger partial charge in [-0.05, 0) is 30.2 Å². The van der Waals surface area contributed by atoms with Crippen molar-refractivity contribution in [3.8, 4) is 0 Å². The van der Waals surface area contributed by atoms with Crippen LogP contribution in [-0.4, -0.2) is 81.2 Å². The molecule has 1 saturated heterocycles. The smallest absolute Gasteiger partial charge is 0.378 e. The lowest BCUT2D eigenvalue weighted by atomic mass is 10.1. The summed E-state index contributed by atoms with van der Waals surface area (Å²) in [6.45, 7) is 1.93. The van der Waals surface area contributed by atoms with Gasteiger partial charge in [0.15, 0.2) is 0 Å². The molecule has 222 valence electrons. The fraction of sp³-hybridized carbons (Fsp3) is 0.385. The number of ether oxygens (including phenoxy) is 1. The van der Waals surface area contributed by atoms with E-state index in [0.29, 0.717) is 30.7 Å². The van der Waals surface area contributed by atoms with E-state index >= 15 is 0 Å². The molecule has 0 radical (unpaired) electrons. The van der Waals surface area contributed by atoms with Gasteiger partial charge in [-0.2, -0.15) is 4.98 Å². The lowest BCUT2D eigenvalue weighted by Gasteiger charge is -2.24. The SMILES string of the molecule is Cn1c(=O)oc(=O)c2ccc(C(=O)N3C[C@@H](N)C[C@H]3C(=O)NCCOCCNCc3c[nH]c4nc(N)[nH]c(=O)c34)cc21. The van der Waals surface area contributed by atoms with Crippen molar-refractivity contribution in [1.29, 1.82) is 0 Å². The van der Waals surface area contributed by atoms with Gasteiger partial charge in [-0.15, -0.1) is 0 Å². The van der Waals surface area contributed by atoms with Crippen molar-refractivity contribution < 1.29 is 18.7 Å². The number of amides is 2. The van der Waals surface area contributed by atoms with Crippen LogP contribution >= 0.6 is 0 Å². The predicted octanol–water partition coefficient (Wildman–Crippen LogP) is -1.90. The monoisotopic (exact) mass is 581 g/mol. The van der Waals surface area contributed by atoms with Crippen molar-refractivity contribution >= 4 is 39.7 Å². The highest BCUT2D eigenvalue weighted by Gasteiger charge is 2.38. The Kier molecular flexibility index (Phi) is 8.19. The molecule has 16 nitrogen and oxygen atoms in total. The second kappa shape index (κ2) is 12.0. The third-order valence-corrected chi connectivity index (χ3v) is 7.10. The molecule has 3 aromatic heterocycles. The quantitative estimate of drug-likeness (QED) is 0.113. The highest BCUT2D eigenvalue weighted by atomic mass is 16.5. The maximum atomic E-state index is 13.3. The lowest BCUT2D eigenvalue weighted by molar-refractivity contribution is -0.125. The molecule has 8 N–H and O–H groups in total.